The first kappa shape index (κ1) is 9.51. The molecule has 0 saturated carbocycles. The van der Waals surface area contributed by atoms with Crippen LogP contribution in [0.4, 0.5) is 0 Å². The second-order valence-electron chi connectivity index (χ2n) is 2.53. The summed E-state index contributed by atoms with van der Waals surface area (Å²) in [4.78, 5) is 11.3. The average Bonchev–Trinajstić information content (AvgIpc) is 2.52. The molecule has 4 heteroatoms. The van der Waals surface area contributed by atoms with Crippen molar-refractivity contribution in [3.05, 3.63) is 30.3 Å². The third-order valence-electron chi connectivity index (χ3n) is 1.47. The van der Waals surface area contributed by atoms with Gasteiger partial charge in [0.2, 0.25) is 0 Å². The number of carbonyl (C=O) groups is 1. The number of aromatic nitrogens is 2. The summed E-state index contributed by atoms with van der Waals surface area (Å²) in [5, 5.41) is 3.89. The summed E-state index contributed by atoms with van der Waals surface area (Å²) in [5.74, 6) is -0.0958. The summed E-state index contributed by atoms with van der Waals surface area (Å²) < 4.78 is 6.49. The van der Waals surface area contributed by atoms with Crippen molar-refractivity contribution in [2.45, 2.75) is 6.92 Å². The second-order valence-corrected chi connectivity index (χ2v) is 2.53. The quantitative estimate of drug-likeness (QED) is 0.396. The number of aryl methyl sites for hydroxylation is 1. The zero-order valence-electron chi connectivity index (χ0n) is 7.73. The molecule has 1 aromatic heterocycles. The second kappa shape index (κ2) is 4.45. The molecule has 0 aliphatic carbocycles. The summed E-state index contributed by atoms with van der Waals surface area (Å²) in [6.45, 7) is 2.43. The van der Waals surface area contributed by atoms with E-state index in [2.05, 4.69) is 5.10 Å². The number of ketones is 1. The van der Waals surface area contributed by atoms with Crippen LogP contribution in [0.1, 0.15) is 17.3 Å². The van der Waals surface area contributed by atoms with Crippen LogP contribution in [0.5, 0.6) is 0 Å². The lowest BCUT2D eigenvalue weighted by molar-refractivity contribution is 0.104. The van der Waals surface area contributed by atoms with E-state index in [1.165, 1.54) is 18.5 Å². The molecular formula is C9H12N2O2. The molecule has 0 N–H and O–H groups in total. The Hall–Kier alpha value is -1.58. The lowest BCUT2D eigenvalue weighted by Crippen LogP contribution is -1.92. The van der Waals surface area contributed by atoms with E-state index in [1.54, 1.807) is 17.9 Å². The molecule has 0 amide bonds. The zero-order valence-corrected chi connectivity index (χ0v) is 7.73. The molecule has 0 saturated heterocycles. The highest BCUT2D eigenvalue weighted by atomic mass is 16.5. The van der Waals surface area contributed by atoms with Gasteiger partial charge < -0.3 is 4.74 Å². The van der Waals surface area contributed by atoms with Crippen molar-refractivity contribution >= 4 is 5.78 Å². The van der Waals surface area contributed by atoms with Gasteiger partial charge in [-0.05, 0) is 6.92 Å². The molecule has 0 aliphatic rings. The van der Waals surface area contributed by atoms with Gasteiger partial charge in [-0.15, -0.1) is 0 Å². The fraction of sp³-hybridized carbons (Fsp3) is 0.333. The number of hydrogen-bond donors (Lipinski definition) is 0. The smallest absolute Gasteiger partial charge is 0.192 e. The van der Waals surface area contributed by atoms with Crippen molar-refractivity contribution in [3.63, 3.8) is 0 Å². The van der Waals surface area contributed by atoms with E-state index in [-0.39, 0.29) is 5.78 Å². The van der Waals surface area contributed by atoms with Gasteiger partial charge in [0.25, 0.3) is 0 Å². The normalized spacial score (nSPS) is 10.6. The monoisotopic (exact) mass is 180 g/mol. The predicted molar refractivity (Wildman–Crippen MR) is 48.3 cm³/mol. The summed E-state index contributed by atoms with van der Waals surface area (Å²) in [6, 6.07) is 0. The van der Waals surface area contributed by atoms with Crippen LogP contribution in [0.2, 0.25) is 0 Å². The Morgan fingerprint density at radius 1 is 1.77 bits per heavy atom. The van der Waals surface area contributed by atoms with E-state index in [9.17, 15) is 4.79 Å². The van der Waals surface area contributed by atoms with E-state index < -0.39 is 0 Å². The Morgan fingerprint density at radius 2 is 2.54 bits per heavy atom. The molecule has 13 heavy (non-hydrogen) atoms. The van der Waals surface area contributed by atoms with E-state index in [0.717, 1.165) is 0 Å². The number of allylic oxidation sites excluding steroid dienone is 1. The van der Waals surface area contributed by atoms with Crippen molar-refractivity contribution in [1.82, 2.24) is 9.78 Å². The van der Waals surface area contributed by atoms with Gasteiger partial charge in [0.15, 0.2) is 5.78 Å². The summed E-state index contributed by atoms with van der Waals surface area (Å²) in [5.41, 5.74) is 0.568. The van der Waals surface area contributed by atoms with Crippen LogP contribution < -0.4 is 0 Å². The molecule has 0 spiro atoms. The highest BCUT2D eigenvalue weighted by Crippen LogP contribution is 1.98. The lowest BCUT2D eigenvalue weighted by atomic mass is 10.2. The molecule has 0 bridgehead atoms. The van der Waals surface area contributed by atoms with Crippen LogP contribution >= 0.6 is 0 Å². The SMILES string of the molecule is CCOC=CC(=O)c1cnn(C)c1. The topological polar surface area (TPSA) is 44.1 Å². The number of ether oxygens (including phenoxy) is 1. The first-order valence-electron chi connectivity index (χ1n) is 4.05. The van der Waals surface area contributed by atoms with Crippen molar-refractivity contribution in [1.29, 1.82) is 0 Å². The fourth-order valence-corrected chi connectivity index (χ4v) is 0.851. The van der Waals surface area contributed by atoms with Crippen LogP contribution in [0.3, 0.4) is 0 Å². The van der Waals surface area contributed by atoms with Crippen molar-refractivity contribution in [3.8, 4) is 0 Å². The Kier molecular flexibility index (Phi) is 3.25. The number of carbonyl (C=O) groups excluding carboxylic acids is 1. The van der Waals surface area contributed by atoms with Gasteiger partial charge >= 0.3 is 0 Å². The van der Waals surface area contributed by atoms with Gasteiger partial charge in [-0.25, -0.2) is 0 Å². The van der Waals surface area contributed by atoms with Gasteiger partial charge in [0.05, 0.1) is 24.6 Å². The van der Waals surface area contributed by atoms with Crippen LogP contribution in [0.15, 0.2) is 24.7 Å². The molecule has 4 nitrogen and oxygen atoms in total. The minimum absolute atomic E-state index is 0.0958. The molecule has 0 aromatic carbocycles. The molecule has 1 aromatic rings. The maximum absolute atomic E-state index is 11.3. The van der Waals surface area contributed by atoms with Crippen LogP contribution in [0.25, 0.3) is 0 Å². The number of rotatable bonds is 4. The molecule has 0 fully saturated rings. The van der Waals surface area contributed by atoms with Gasteiger partial charge in [-0.1, -0.05) is 0 Å². The minimum atomic E-state index is -0.0958. The van der Waals surface area contributed by atoms with Crippen molar-refractivity contribution < 1.29 is 9.53 Å². The summed E-state index contributed by atoms with van der Waals surface area (Å²) in [6.07, 6.45) is 5.98. The van der Waals surface area contributed by atoms with Crippen LogP contribution in [-0.4, -0.2) is 22.2 Å². The van der Waals surface area contributed by atoms with Crippen LogP contribution in [-0.2, 0) is 11.8 Å². The Balaban J connectivity index is 2.58. The average molecular weight is 180 g/mol. The fourth-order valence-electron chi connectivity index (χ4n) is 0.851. The zero-order chi connectivity index (χ0) is 9.68. The highest BCUT2D eigenvalue weighted by molar-refractivity contribution is 6.03. The molecule has 0 aliphatic heterocycles. The Labute approximate surface area is 76.8 Å². The highest BCUT2D eigenvalue weighted by Gasteiger charge is 2.02. The van der Waals surface area contributed by atoms with Gasteiger partial charge in [-0.3, -0.25) is 9.48 Å². The van der Waals surface area contributed by atoms with Crippen LogP contribution in [0, 0.1) is 0 Å². The molecule has 0 atom stereocenters. The molecule has 1 rings (SSSR count). The molecule has 0 unspecified atom stereocenters. The van der Waals surface area contributed by atoms with E-state index >= 15 is 0 Å². The predicted octanol–water partition coefficient (Wildman–Crippen LogP) is 1.15. The van der Waals surface area contributed by atoms with E-state index in [1.807, 2.05) is 6.92 Å². The third kappa shape index (κ3) is 2.74. The third-order valence-corrected chi connectivity index (χ3v) is 1.47. The van der Waals surface area contributed by atoms with Gasteiger partial charge in [-0.2, -0.15) is 5.10 Å². The standard InChI is InChI=1S/C9H12N2O2/c1-3-13-5-4-9(12)8-6-10-11(2)7-8/h4-7H,3H2,1-2H3. The summed E-state index contributed by atoms with van der Waals surface area (Å²) in [7, 11) is 1.77. The Bertz CT molecular complexity index is 315. The molecule has 70 valence electrons. The van der Waals surface area contributed by atoms with Crippen molar-refractivity contribution in [2.75, 3.05) is 6.61 Å². The van der Waals surface area contributed by atoms with Gasteiger partial charge in [0.1, 0.15) is 0 Å². The van der Waals surface area contributed by atoms with E-state index in [4.69, 9.17) is 4.74 Å². The molecular weight excluding hydrogens is 168 g/mol. The minimum Gasteiger partial charge on any atom is -0.501 e. The van der Waals surface area contributed by atoms with Crippen molar-refractivity contribution in [2.24, 2.45) is 7.05 Å². The Morgan fingerprint density at radius 3 is 3.08 bits per heavy atom. The largest absolute Gasteiger partial charge is 0.501 e. The number of nitrogens with zero attached hydrogens (tertiary/aromatic N) is 2. The maximum atomic E-state index is 11.3. The lowest BCUT2D eigenvalue weighted by Gasteiger charge is -1.91. The van der Waals surface area contributed by atoms with E-state index in [0.29, 0.717) is 12.2 Å². The molecule has 1 heterocycles. The number of hydrogen-bond acceptors (Lipinski definition) is 3. The molecule has 0 radical (unpaired) electrons. The first-order valence-corrected chi connectivity index (χ1v) is 4.05. The summed E-state index contributed by atoms with van der Waals surface area (Å²) >= 11 is 0. The maximum Gasteiger partial charge on any atom is 0.192 e. The van der Waals surface area contributed by atoms with Gasteiger partial charge in [0, 0.05) is 19.3 Å². The first-order chi connectivity index (χ1) is 6.24.